The number of amides is 1. The van der Waals surface area contributed by atoms with Crippen LogP contribution in [0.4, 0.5) is 5.69 Å². The Labute approximate surface area is 123 Å². The zero-order valence-corrected chi connectivity index (χ0v) is 12.0. The molecule has 0 aromatic heterocycles. The second-order valence-electron chi connectivity index (χ2n) is 4.73. The highest BCUT2D eigenvalue weighted by atomic mass is 35.5. The van der Waals surface area contributed by atoms with Crippen LogP contribution < -0.4 is 10.6 Å². The van der Waals surface area contributed by atoms with Gasteiger partial charge >= 0.3 is 0 Å². The Hall–Kier alpha value is -1.66. The molecule has 0 bridgehead atoms. The lowest BCUT2D eigenvalue weighted by atomic mass is 10.1. The third-order valence-electron chi connectivity index (χ3n) is 3.34. The minimum atomic E-state index is -0.502. The normalized spacial score (nSPS) is 17.4. The van der Waals surface area contributed by atoms with Gasteiger partial charge in [-0.1, -0.05) is 12.1 Å². The van der Waals surface area contributed by atoms with E-state index >= 15 is 0 Å². The topological polar surface area (TPSA) is 84.3 Å². The van der Waals surface area contributed by atoms with Crippen LogP contribution in [0.2, 0.25) is 0 Å². The monoisotopic (exact) mass is 299 g/mol. The van der Waals surface area contributed by atoms with Crippen molar-refractivity contribution in [2.24, 2.45) is 0 Å². The third kappa shape index (κ3) is 3.68. The van der Waals surface area contributed by atoms with Crippen molar-refractivity contribution in [2.45, 2.75) is 25.8 Å². The van der Waals surface area contributed by atoms with Gasteiger partial charge in [-0.3, -0.25) is 14.9 Å². The first-order valence-corrected chi connectivity index (χ1v) is 6.35. The molecule has 1 amide bonds. The molecule has 110 valence electrons. The maximum Gasteiger partial charge on any atom is 0.285 e. The number of aryl methyl sites for hydroxylation is 1. The van der Waals surface area contributed by atoms with Gasteiger partial charge in [0, 0.05) is 18.2 Å². The summed E-state index contributed by atoms with van der Waals surface area (Å²) in [5.74, 6) is -0.385. The number of nitro benzene ring substituents is 1. The van der Waals surface area contributed by atoms with Gasteiger partial charge in [0.1, 0.15) is 5.56 Å². The number of nitrogens with zero attached hydrogens (tertiary/aromatic N) is 1. The van der Waals surface area contributed by atoms with Gasteiger partial charge in [0.25, 0.3) is 11.6 Å². The number of halogens is 1. The molecule has 1 aliphatic rings. The van der Waals surface area contributed by atoms with Crippen molar-refractivity contribution >= 4 is 24.0 Å². The molecule has 1 saturated heterocycles. The smallest absolute Gasteiger partial charge is 0.285 e. The maximum atomic E-state index is 12.0. The summed E-state index contributed by atoms with van der Waals surface area (Å²) in [5, 5.41) is 17.0. The fraction of sp³-hybridized carbons (Fsp3) is 0.462. The van der Waals surface area contributed by atoms with E-state index in [1.165, 1.54) is 6.07 Å². The molecule has 2 rings (SSSR count). The molecular formula is C13H18ClN3O3. The summed E-state index contributed by atoms with van der Waals surface area (Å²) in [4.78, 5) is 22.6. The van der Waals surface area contributed by atoms with Crippen LogP contribution in [0.5, 0.6) is 0 Å². The van der Waals surface area contributed by atoms with E-state index in [0.29, 0.717) is 12.1 Å². The predicted molar refractivity (Wildman–Crippen MR) is 78.4 cm³/mol. The molecular weight excluding hydrogens is 282 g/mol. The second-order valence-corrected chi connectivity index (χ2v) is 4.73. The third-order valence-corrected chi connectivity index (χ3v) is 3.34. The summed E-state index contributed by atoms with van der Waals surface area (Å²) in [6, 6.07) is 5.05. The van der Waals surface area contributed by atoms with Gasteiger partial charge in [-0.05, 0) is 32.4 Å². The van der Waals surface area contributed by atoms with Crippen LogP contribution in [0.15, 0.2) is 18.2 Å². The van der Waals surface area contributed by atoms with Gasteiger partial charge in [0.2, 0.25) is 0 Å². The molecule has 1 aromatic rings. The fourth-order valence-electron chi connectivity index (χ4n) is 2.33. The van der Waals surface area contributed by atoms with E-state index in [2.05, 4.69) is 10.6 Å². The molecule has 1 unspecified atom stereocenters. The number of benzene rings is 1. The summed E-state index contributed by atoms with van der Waals surface area (Å²) >= 11 is 0. The largest absolute Gasteiger partial charge is 0.350 e. The fourth-order valence-corrected chi connectivity index (χ4v) is 2.33. The van der Waals surface area contributed by atoms with Gasteiger partial charge in [0.15, 0.2) is 0 Å². The van der Waals surface area contributed by atoms with Crippen molar-refractivity contribution in [3.8, 4) is 0 Å². The molecule has 0 aliphatic carbocycles. The Morgan fingerprint density at radius 3 is 2.90 bits per heavy atom. The van der Waals surface area contributed by atoms with Gasteiger partial charge in [-0.15, -0.1) is 12.4 Å². The van der Waals surface area contributed by atoms with Crippen molar-refractivity contribution in [1.82, 2.24) is 10.6 Å². The number of rotatable bonds is 4. The van der Waals surface area contributed by atoms with E-state index in [0.717, 1.165) is 19.4 Å². The molecule has 20 heavy (non-hydrogen) atoms. The lowest BCUT2D eigenvalue weighted by Crippen LogP contribution is -2.37. The first-order chi connectivity index (χ1) is 9.09. The Kier molecular flexibility index (Phi) is 5.91. The van der Waals surface area contributed by atoms with E-state index in [1.807, 2.05) is 0 Å². The van der Waals surface area contributed by atoms with Crippen LogP contribution in [0.3, 0.4) is 0 Å². The Balaban J connectivity index is 0.00000200. The van der Waals surface area contributed by atoms with Crippen LogP contribution in [-0.2, 0) is 0 Å². The standard InChI is InChI=1S/C13H17N3O3.ClH/c1-9-4-2-6-11(12(9)16(18)19)13(17)15-8-10-5-3-7-14-10;/h2,4,6,10,14H,3,5,7-8H2,1H3,(H,15,17);1H. The molecule has 1 aliphatic heterocycles. The molecule has 6 nitrogen and oxygen atoms in total. The zero-order valence-electron chi connectivity index (χ0n) is 11.2. The zero-order chi connectivity index (χ0) is 13.8. The van der Waals surface area contributed by atoms with Crippen molar-refractivity contribution in [1.29, 1.82) is 0 Å². The summed E-state index contributed by atoms with van der Waals surface area (Å²) in [7, 11) is 0. The molecule has 1 aromatic carbocycles. The van der Waals surface area contributed by atoms with E-state index in [4.69, 9.17) is 0 Å². The summed E-state index contributed by atoms with van der Waals surface area (Å²) < 4.78 is 0. The molecule has 0 radical (unpaired) electrons. The van der Waals surface area contributed by atoms with E-state index in [1.54, 1.807) is 19.1 Å². The highest BCUT2D eigenvalue weighted by molar-refractivity contribution is 5.98. The molecule has 1 atom stereocenters. The second kappa shape index (κ2) is 7.21. The average molecular weight is 300 g/mol. The summed E-state index contributed by atoms with van der Waals surface area (Å²) in [6.45, 7) is 3.10. The molecule has 2 N–H and O–H groups in total. The number of para-hydroxylation sites is 1. The minimum Gasteiger partial charge on any atom is -0.350 e. The van der Waals surface area contributed by atoms with Crippen LogP contribution >= 0.6 is 12.4 Å². The highest BCUT2D eigenvalue weighted by Gasteiger charge is 2.23. The number of carbonyl (C=O) groups excluding carboxylic acids is 1. The number of nitro groups is 1. The van der Waals surface area contributed by atoms with Gasteiger partial charge in [-0.2, -0.15) is 0 Å². The summed E-state index contributed by atoms with van der Waals surface area (Å²) in [5.41, 5.74) is 0.513. The number of hydrogen-bond acceptors (Lipinski definition) is 4. The Bertz CT molecular complexity index is 502. The maximum absolute atomic E-state index is 12.0. The van der Waals surface area contributed by atoms with Gasteiger partial charge in [0.05, 0.1) is 4.92 Å². The molecule has 0 saturated carbocycles. The molecule has 7 heteroatoms. The first-order valence-electron chi connectivity index (χ1n) is 6.35. The molecule has 0 spiro atoms. The van der Waals surface area contributed by atoms with Crippen LogP contribution in [0.25, 0.3) is 0 Å². The number of hydrogen-bond donors (Lipinski definition) is 2. The van der Waals surface area contributed by atoms with Crippen molar-refractivity contribution in [3.05, 3.63) is 39.4 Å². The number of nitrogens with one attached hydrogen (secondary N) is 2. The van der Waals surface area contributed by atoms with E-state index in [9.17, 15) is 14.9 Å². The Morgan fingerprint density at radius 1 is 1.55 bits per heavy atom. The number of carbonyl (C=O) groups is 1. The average Bonchev–Trinajstić information content (AvgIpc) is 2.88. The minimum absolute atomic E-state index is 0. The van der Waals surface area contributed by atoms with Crippen LogP contribution in [0, 0.1) is 17.0 Å². The van der Waals surface area contributed by atoms with Gasteiger partial charge < -0.3 is 10.6 Å². The predicted octanol–water partition coefficient (Wildman–Crippen LogP) is 1.81. The van der Waals surface area contributed by atoms with Crippen molar-refractivity contribution in [3.63, 3.8) is 0 Å². The lowest BCUT2D eigenvalue weighted by Gasteiger charge is -2.12. The van der Waals surface area contributed by atoms with Crippen LogP contribution in [0.1, 0.15) is 28.8 Å². The quantitative estimate of drug-likeness (QED) is 0.656. The van der Waals surface area contributed by atoms with Gasteiger partial charge in [-0.25, -0.2) is 0 Å². The van der Waals surface area contributed by atoms with Crippen LogP contribution in [-0.4, -0.2) is 30.0 Å². The molecule has 1 heterocycles. The lowest BCUT2D eigenvalue weighted by molar-refractivity contribution is -0.385. The SMILES string of the molecule is Cc1cccc(C(=O)NCC2CCCN2)c1[N+](=O)[O-].Cl. The first kappa shape index (κ1) is 16.4. The highest BCUT2D eigenvalue weighted by Crippen LogP contribution is 2.22. The Morgan fingerprint density at radius 2 is 2.30 bits per heavy atom. The molecule has 1 fully saturated rings. The van der Waals surface area contributed by atoms with E-state index in [-0.39, 0.29) is 35.6 Å². The van der Waals surface area contributed by atoms with E-state index < -0.39 is 4.92 Å². The van der Waals surface area contributed by atoms with Crippen molar-refractivity contribution in [2.75, 3.05) is 13.1 Å². The van der Waals surface area contributed by atoms with Crippen molar-refractivity contribution < 1.29 is 9.72 Å². The summed E-state index contributed by atoms with van der Waals surface area (Å²) in [6.07, 6.45) is 2.13.